The number of ether oxygens (including phenoxy) is 2. The second-order valence-electron chi connectivity index (χ2n) is 7.77. The number of carbonyl (C=O) groups excluding carboxylic acids is 1. The molecule has 0 spiro atoms. The van der Waals surface area contributed by atoms with Crippen molar-refractivity contribution in [3.63, 3.8) is 0 Å². The minimum atomic E-state index is -0.370. The Kier molecular flexibility index (Phi) is 8.35. The number of aromatic hydroxyl groups is 1. The van der Waals surface area contributed by atoms with Gasteiger partial charge in [-0.15, -0.1) is 11.8 Å². The number of hydrazine groups is 1. The van der Waals surface area contributed by atoms with Gasteiger partial charge in [-0.3, -0.25) is 10.2 Å². The molecule has 0 aliphatic carbocycles. The molecule has 7 nitrogen and oxygen atoms in total. The Morgan fingerprint density at radius 1 is 1.11 bits per heavy atom. The number of nitrogens with one attached hydrogen (secondary N) is 2. The number of benzene rings is 3. The van der Waals surface area contributed by atoms with E-state index in [-0.39, 0.29) is 27.4 Å². The number of hydrogen-bond donors (Lipinski definition) is 3. The van der Waals surface area contributed by atoms with Crippen LogP contribution in [0.1, 0.15) is 24.8 Å². The van der Waals surface area contributed by atoms with Gasteiger partial charge in [-0.2, -0.15) is 0 Å². The van der Waals surface area contributed by atoms with E-state index in [4.69, 9.17) is 44.9 Å². The van der Waals surface area contributed by atoms with E-state index >= 15 is 0 Å². The molecule has 1 aliphatic heterocycles. The number of phenolic OH excluding ortho intramolecular Hbond substituents is 1. The molecule has 3 aromatic rings. The van der Waals surface area contributed by atoms with Crippen molar-refractivity contribution >= 4 is 63.9 Å². The van der Waals surface area contributed by atoms with E-state index in [1.165, 1.54) is 16.8 Å². The number of halogens is 2. The highest BCUT2D eigenvalue weighted by molar-refractivity contribution is 8.01. The highest BCUT2D eigenvalue weighted by Gasteiger charge is 2.39. The number of rotatable bonds is 7. The van der Waals surface area contributed by atoms with Gasteiger partial charge in [0, 0.05) is 10.7 Å². The number of thiocarbonyl (C=S) groups is 1. The SMILES string of the molecule is CCOc1cc(C2SC(C)C(=O)N2NC(=S)Nc2ccc(Oc3ccc(Cl)cc3)c(Cl)c2)ccc1O. The zero-order valence-corrected chi connectivity index (χ0v) is 22.5. The third-order valence-electron chi connectivity index (χ3n) is 5.17. The first-order valence-corrected chi connectivity index (χ1v) is 13.1. The molecule has 1 fully saturated rings. The molecule has 36 heavy (non-hydrogen) atoms. The first-order chi connectivity index (χ1) is 17.2. The zero-order chi connectivity index (χ0) is 25.8. The van der Waals surface area contributed by atoms with Crippen LogP contribution in [0.2, 0.25) is 10.0 Å². The van der Waals surface area contributed by atoms with Crippen LogP contribution in [0.5, 0.6) is 23.0 Å². The molecule has 3 N–H and O–H groups in total. The van der Waals surface area contributed by atoms with Crippen molar-refractivity contribution in [1.82, 2.24) is 10.4 Å². The van der Waals surface area contributed by atoms with Crippen LogP contribution in [0.15, 0.2) is 60.7 Å². The van der Waals surface area contributed by atoms with E-state index in [2.05, 4.69) is 10.7 Å². The van der Waals surface area contributed by atoms with Gasteiger partial charge in [0.2, 0.25) is 0 Å². The first kappa shape index (κ1) is 26.2. The van der Waals surface area contributed by atoms with E-state index in [0.29, 0.717) is 39.6 Å². The van der Waals surface area contributed by atoms with Gasteiger partial charge in [0.1, 0.15) is 16.9 Å². The summed E-state index contributed by atoms with van der Waals surface area (Å²) in [6, 6.07) is 17.1. The second kappa shape index (κ2) is 11.5. The molecule has 4 rings (SSSR count). The number of nitrogens with zero attached hydrogens (tertiary/aromatic N) is 1. The predicted molar refractivity (Wildman–Crippen MR) is 148 cm³/mol. The number of carbonyl (C=O) groups is 1. The molecular formula is C25H23Cl2N3O4S2. The highest BCUT2D eigenvalue weighted by Crippen LogP contribution is 2.44. The van der Waals surface area contributed by atoms with Gasteiger partial charge in [-0.25, -0.2) is 5.01 Å². The molecule has 11 heteroatoms. The maximum Gasteiger partial charge on any atom is 0.255 e. The molecule has 2 atom stereocenters. The third kappa shape index (κ3) is 6.10. The maximum atomic E-state index is 12.9. The average Bonchev–Trinajstić information content (AvgIpc) is 3.12. The summed E-state index contributed by atoms with van der Waals surface area (Å²) in [5.74, 6) is 1.36. The lowest BCUT2D eigenvalue weighted by Crippen LogP contribution is -2.47. The standard InChI is InChI=1S/C25H23Cl2N3O4S2/c1-3-33-22-12-15(4-10-20(22)31)24-30(23(32)14(2)36-24)29-25(35)28-17-7-11-21(19(27)13-17)34-18-8-5-16(26)6-9-18/h4-14,24,31H,3H2,1-2H3,(H2,28,29,35). The van der Waals surface area contributed by atoms with Gasteiger partial charge in [0.05, 0.1) is 16.9 Å². The summed E-state index contributed by atoms with van der Waals surface area (Å²) in [5, 5.41) is 15.1. The molecule has 3 aromatic carbocycles. The summed E-state index contributed by atoms with van der Waals surface area (Å²) in [7, 11) is 0. The Bertz CT molecular complexity index is 1280. The monoisotopic (exact) mass is 563 g/mol. The summed E-state index contributed by atoms with van der Waals surface area (Å²) < 4.78 is 11.3. The minimum Gasteiger partial charge on any atom is -0.504 e. The maximum absolute atomic E-state index is 12.9. The van der Waals surface area contributed by atoms with Gasteiger partial charge < -0.3 is 19.9 Å². The van der Waals surface area contributed by atoms with E-state index in [1.54, 1.807) is 60.7 Å². The van der Waals surface area contributed by atoms with Crippen molar-refractivity contribution < 1.29 is 19.4 Å². The van der Waals surface area contributed by atoms with Gasteiger partial charge >= 0.3 is 0 Å². The molecular weight excluding hydrogens is 541 g/mol. The van der Waals surface area contributed by atoms with Crippen LogP contribution >= 0.6 is 47.2 Å². The molecule has 2 unspecified atom stereocenters. The number of thioether (sulfide) groups is 1. The van der Waals surface area contributed by atoms with Crippen molar-refractivity contribution in [2.45, 2.75) is 24.5 Å². The fourth-order valence-electron chi connectivity index (χ4n) is 3.48. The lowest BCUT2D eigenvalue weighted by Gasteiger charge is -2.26. The summed E-state index contributed by atoms with van der Waals surface area (Å²) in [6.07, 6.45) is 0. The van der Waals surface area contributed by atoms with Gasteiger partial charge in [0.25, 0.3) is 5.91 Å². The first-order valence-electron chi connectivity index (χ1n) is 11.0. The molecule has 188 valence electrons. The topological polar surface area (TPSA) is 83.1 Å². The van der Waals surface area contributed by atoms with Crippen molar-refractivity contribution in [2.75, 3.05) is 11.9 Å². The second-order valence-corrected chi connectivity index (χ2v) is 10.4. The molecule has 1 saturated heterocycles. The fourth-order valence-corrected chi connectivity index (χ4v) is 5.24. The van der Waals surface area contributed by atoms with Crippen molar-refractivity contribution in [3.05, 3.63) is 76.3 Å². The predicted octanol–water partition coefficient (Wildman–Crippen LogP) is 6.75. The summed E-state index contributed by atoms with van der Waals surface area (Å²) in [4.78, 5) is 12.9. The van der Waals surface area contributed by atoms with E-state index in [1.807, 2.05) is 13.8 Å². The molecule has 0 saturated carbocycles. The Balaban J connectivity index is 1.45. The Morgan fingerprint density at radius 3 is 2.56 bits per heavy atom. The molecule has 1 heterocycles. The smallest absolute Gasteiger partial charge is 0.255 e. The van der Waals surface area contributed by atoms with Crippen molar-refractivity contribution in [2.24, 2.45) is 0 Å². The number of hydrogen-bond acceptors (Lipinski definition) is 6. The lowest BCUT2D eigenvalue weighted by molar-refractivity contribution is -0.131. The zero-order valence-electron chi connectivity index (χ0n) is 19.3. The number of phenols is 1. The van der Waals surface area contributed by atoms with Crippen LogP contribution in [0, 0.1) is 0 Å². The van der Waals surface area contributed by atoms with Crippen LogP contribution in [-0.2, 0) is 4.79 Å². The van der Waals surface area contributed by atoms with Crippen LogP contribution in [-0.4, -0.2) is 33.0 Å². The minimum absolute atomic E-state index is 0.0417. The van der Waals surface area contributed by atoms with E-state index in [0.717, 1.165) is 5.56 Å². The van der Waals surface area contributed by atoms with Crippen LogP contribution < -0.4 is 20.2 Å². The summed E-state index contributed by atoms with van der Waals surface area (Å²) >= 11 is 19.3. The number of anilines is 1. The Labute approximate surface area is 228 Å². The largest absolute Gasteiger partial charge is 0.504 e. The summed E-state index contributed by atoms with van der Waals surface area (Å²) in [6.45, 7) is 4.08. The molecule has 1 amide bonds. The van der Waals surface area contributed by atoms with E-state index < -0.39 is 0 Å². The Hall–Kier alpha value is -2.85. The quantitative estimate of drug-likeness (QED) is 0.272. The molecule has 1 aliphatic rings. The average molecular weight is 565 g/mol. The van der Waals surface area contributed by atoms with Crippen LogP contribution in [0.25, 0.3) is 0 Å². The highest BCUT2D eigenvalue weighted by atomic mass is 35.5. The number of amides is 1. The van der Waals surface area contributed by atoms with Crippen molar-refractivity contribution in [1.29, 1.82) is 0 Å². The lowest BCUT2D eigenvalue weighted by atomic mass is 10.2. The van der Waals surface area contributed by atoms with Crippen molar-refractivity contribution in [3.8, 4) is 23.0 Å². The van der Waals surface area contributed by atoms with Crippen LogP contribution in [0.3, 0.4) is 0 Å². The molecule has 0 radical (unpaired) electrons. The van der Waals surface area contributed by atoms with E-state index in [9.17, 15) is 9.90 Å². The summed E-state index contributed by atoms with van der Waals surface area (Å²) in [5.41, 5.74) is 4.41. The Morgan fingerprint density at radius 2 is 1.86 bits per heavy atom. The van der Waals surface area contributed by atoms with Gasteiger partial charge in [-0.05, 0) is 86.2 Å². The fraction of sp³-hybridized carbons (Fsp3) is 0.200. The molecule has 0 aromatic heterocycles. The normalized spacial score (nSPS) is 17.1. The van der Waals surface area contributed by atoms with Gasteiger partial charge in [0.15, 0.2) is 16.6 Å². The third-order valence-corrected chi connectivity index (χ3v) is 7.27. The van der Waals surface area contributed by atoms with Gasteiger partial charge in [-0.1, -0.05) is 29.3 Å². The molecule has 0 bridgehead atoms. The van der Waals surface area contributed by atoms with Crippen LogP contribution in [0.4, 0.5) is 5.69 Å².